The summed E-state index contributed by atoms with van der Waals surface area (Å²) in [6.07, 6.45) is 6.24. The van der Waals surface area contributed by atoms with E-state index >= 15 is 0 Å². The molecule has 0 aliphatic carbocycles. The molecule has 0 saturated carbocycles. The Balaban J connectivity index is -0.0000000667. The largest absolute Gasteiger partial charge is 0.453 e. The number of aliphatic imine (C=N–C) groups is 1. The van der Waals surface area contributed by atoms with Gasteiger partial charge in [-0.2, -0.15) is 0 Å². The van der Waals surface area contributed by atoms with Gasteiger partial charge in [-0.25, -0.2) is 20.2 Å². The van der Waals surface area contributed by atoms with E-state index in [0.29, 0.717) is 5.95 Å². The van der Waals surface area contributed by atoms with E-state index in [2.05, 4.69) is 80.7 Å². The van der Waals surface area contributed by atoms with Gasteiger partial charge < -0.3 is 31.0 Å². The van der Waals surface area contributed by atoms with Gasteiger partial charge in [0, 0.05) is 60.4 Å². The molecular weight excluding hydrogens is 610 g/mol. The van der Waals surface area contributed by atoms with Crippen LogP contribution in [0.2, 0.25) is 0 Å². The molecule has 14 nitrogen and oxygen atoms in total. The Bertz CT molecular complexity index is 966. The van der Waals surface area contributed by atoms with Crippen molar-refractivity contribution in [3.8, 4) is 0 Å². The summed E-state index contributed by atoms with van der Waals surface area (Å²) in [5, 5.41) is 13.0. The molecule has 1 aromatic carbocycles. The molecule has 14 heteroatoms. The summed E-state index contributed by atoms with van der Waals surface area (Å²) in [5.74, 6) is 0.660. The van der Waals surface area contributed by atoms with Crippen LogP contribution in [0.4, 0.5) is 16.4 Å². The number of pyridine rings is 1. The van der Waals surface area contributed by atoms with Gasteiger partial charge in [-0.05, 0) is 51.0 Å². The Morgan fingerprint density at radius 3 is 1.62 bits per heavy atom. The van der Waals surface area contributed by atoms with Crippen LogP contribution in [0, 0.1) is 0 Å². The summed E-state index contributed by atoms with van der Waals surface area (Å²) in [4.78, 5) is 29.7. The van der Waals surface area contributed by atoms with E-state index in [9.17, 15) is 4.79 Å². The van der Waals surface area contributed by atoms with E-state index in [1.807, 2.05) is 69.6 Å². The van der Waals surface area contributed by atoms with Gasteiger partial charge in [-0.1, -0.05) is 68.3 Å². The maximum Gasteiger partial charge on any atom is 0.406 e. The molecule has 48 heavy (non-hydrogen) atoms. The van der Waals surface area contributed by atoms with Crippen molar-refractivity contribution >= 4 is 24.1 Å². The van der Waals surface area contributed by atoms with E-state index in [-0.39, 0.29) is 37.1 Å². The molecule has 0 aliphatic heterocycles. The van der Waals surface area contributed by atoms with Crippen LogP contribution in [0.3, 0.4) is 0 Å². The minimum Gasteiger partial charge on any atom is -0.453 e. The number of carbonyl (C=O) groups is 1. The topological polar surface area (TPSA) is 162 Å². The average Bonchev–Trinajstić information content (AvgIpc) is 3.09. The standard InChI is InChI=1S/C8H12N2.C7H10N2.C5H7N3.C3H8N2O.C3H7NO2.C3H9N.5CH4/c1-9-10(2)8-6-4-3-5-7-8;1-8-6-7-4-2-3-5-9-7;1-6-5-7-3-2-4-8-5;1-4-3-5-6-2;1-4-3(5)6-2;1-3-4-2;;;;;/h3-7,9H,1-2H3;2-5,8H,6H2,1H3;2-4H,1H3,(H,6,7,8);3H,1-2H3,(H,4,5);1-2H3,(H,4,5);4H,3H2,1-2H3;5*1H4. The fourth-order valence-electron chi connectivity index (χ4n) is 2.10. The summed E-state index contributed by atoms with van der Waals surface area (Å²) >= 11 is 0. The molecular formula is C34H73N11O3. The Labute approximate surface area is 294 Å². The molecule has 0 radical (unpaired) electrons. The first-order valence-electron chi connectivity index (χ1n) is 13.4. The molecule has 0 spiro atoms. The molecule has 2 heterocycles. The first kappa shape index (κ1) is 62.5. The highest BCUT2D eigenvalue weighted by atomic mass is 16.6. The number of hydroxylamine groups is 1. The van der Waals surface area contributed by atoms with Gasteiger partial charge in [0.1, 0.15) is 6.34 Å². The molecule has 1 amide bonds. The number of hydrogen-bond donors (Lipinski definition) is 6. The van der Waals surface area contributed by atoms with Crippen LogP contribution in [-0.4, -0.2) is 97.5 Å². The Morgan fingerprint density at radius 1 is 0.812 bits per heavy atom. The zero-order valence-corrected chi connectivity index (χ0v) is 27.4. The first-order chi connectivity index (χ1) is 20.8. The number of nitrogens with one attached hydrogen (secondary N) is 6. The Morgan fingerprint density at radius 2 is 1.33 bits per heavy atom. The predicted octanol–water partition coefficient (Wildman–Crippen LogP) is 5.75. The number of hydrazine groups is 1. The number of amides is 1. The van der Waals surface area contributed by atoms with Crippen LogP contribution < -0.4 is 37.2 Å². The number of aromatic nitrogens is 3. The molecule has 0 unspecified atom stereocenters. The number of anilines is 2. The summed E-state index contributed by atoms with van der Waals surface area (Å²) in [6, 6.07) is 17.8. The van der Waals surface area contributed by atoms with E-state index in [0.717, 1.165) is 18.8 Å². The lowest BCUT2D eigenvalue weighted by molar-refractivity contribution is 0.148. The van der Waals surface area contributed by atoms with Gasteiger partial charge in [0.25, 0.3) is 0 Å². The van der Waals surface area contributed by atoms with E-state index in [4.69, 9.17) is 0 Å². The fraction of sp³-hybridized carbons (Fsp3) is 0.500. The van der Waals surface area contributed by atoms with E-state index in [1.165, 1.54) is 33.3 Å². The smallest absolute Gasteiger partial charge is 0.406 e. The van der Waals surface area contributed by atoms with Crippen molar-refractivity contribution in [1.29, 1.82) is 0 Å². The van der Waals surface area contributed by atoms with Crippen molar-refractivity contribution in [1.82, 2.24) is 41.8 Å². The third-order valence-corrected chi connectivity index (χ3v) is 4.40. The minimum absolute atomic E-state index is 0. The quantitative estimate of drug-likeness (QED) is 0.0970. The fourth-order valence-corrected chi connectivity index (χ4v) is 2.10. The second-order valence-electron chi connectivity index (χ2n) is 7.45. The lowest BCUT2D eigenvalue weighted by Gasteiger charge is -2.16. The first-order valence-corrected chi connectivity index (χ1v) is 13.4. The van der Waals surface area contributed by atoms with Gasteiger partial charge in [0.2, 0.25) is 5.95 Å². The van der Waals surface area contributed by atoms with Crippen LogP contribution in [0.1, 0.15) is 49.8 Å². The van der Waals surface area contributed by atoms with Crippen LogP contribution >= 0.6 is 0 Å². The number of benzene rings is 1. The molecule has 0 aliphatic rings. The SMILES string of the molecule is C.C.C.C.C.CCNC.CN=CNOC.CNC(=O)OC.CNCc1ccccn1.CNN(C)c1ccccc1.CNc1ncccn1. The molecule has 2 aromatic heterocycles. The van der Waals surface area contributed by atoms with Crippen molar-refractivity contribution in [2.45, 2.75) is 50.6 Å². The normalized spacial score (nSPS) is 7.88. The van der Waals surface area contributed by atoms with Gasteiger partial charge in [0.05, 0.1) is 25.6 Å². The van der Waals surface area contributed by atoms with E-state index < -0.39 is 6.09 Å². The predicted molar refractivity (Wildman–Crippen MR) is 212 cm³/mol. The third kappa shape index (κ3) is 46.1. The van der Waals surface area contributed by atoms with Crippen molar-refractivity contribution in [3.05, 3.63) is 78.9 Å². The minimum atomic E-state index is -0.407. The van der Waals surface area contributed by atoms with Crippen molar-refractivity contribution in [3.63, 3.8) is 0 Å². The highest BCUT2D eigenvalue weighted by Gasteiger charge is 1.92. The molecule has 0 saturated heterocycles. The Kier molecular flexibility index (Phi) is 67.9. The third-order valence-electron chi connectivity index (χ3n) is 4.40. The average molecular weight is 684 g/mol. The van der Waals surface area contributed by atoms with Crippen molar-refractivity contribution in [2.24, 2.45) is 4.99 Å². The van der Waals surface area contributed by atoms with Crippen molar-refractivity contribution < 1.29 is 14.4 Å². The van der Waals surface area contributed by atoms with Crippen LogP contribution in [0.15, 0.2) is 78.2 Å². The highest BCUT2D eigenvalue weighted by molar-refractivity contribution is 5.66. The molecule has 0 fully saturated rings. The molecule has 3 aromatic rings. The summed E-state index contributed by atoms with van der Waals surface area (Å²) < 4.78 is 4.15. The monoisotopic (exact) mass is 684 g/mol. The molecule has 6 N–H and O–H groups in total. The summed E-state index contributed by atoms with van der Waals surface area (Å²) in [5.41, 5.74) is 7.68. The van der Waals surface area contributed by atoms with Gasteiger partial charge >= 0.3 is 6.09 Å². The number of nitrogens with zero attached hydrogens (tertiary/aromatic N) is 5. The lowest BCUT2D eigenvalue weighted by atomic mass is 10.3. The number of hydrogen-bond acceptors (Lipinski definition) is 12. The number of rotatable bonds is 8. The molecule has 282 valence electrons. The zero-order valence-electron chi connectivity index (χ0n) is 27.4. The lowest BCUT2D eigenvalue weighted by Crippen LogP contribution is -2.30. The van der Waals surface area contributed by atoms with E-state index in [1.54, 1.807) is 38.8 Å². The summed E-state index contributed by atoms with van der Waals surface area (Å²) in [7, 11) is 15.5. The number of alkyl carbamates (subject to hydrolysis) is 1. The number of carbonyl (C=O) groups excluding carboxylic acids is 1. The summed E-state index contributed by atoms with van der Waals surface area (Å²) in [6.45, 7) is 3.99. The number of ether oxygens (including phenoxy) is 1. The molecule has 3 rings (SSSR count). The van der Waals surface area contributed by atoms with Crippen molar-refractivity contribution in [2.75, 3.05) is 80.4 Å². The second-order valence-corrected chi connectivity index (χ2v) is 7.45. The number of methoxy groups -OCH3 is 1. The van der Waals surface area contributed by atoms with Crippen LogP contribution in [-0.2, 0) is 16.1 Å². The number of para-hydroxylation sites is 1. The van der Waals surface area contributed by atoms with Crippen LogP contribution in [0.25, 0.3) is 0 Å². The van der Waals surface area contributed by atoms with Gasteiger partial charge in [0.15, 0.2) is 0 Å². The zero-order chi connectivity index (χ0) is 33.0. The van der Waals surface area contributed by atoms with Gasteiger partial charge in [-0.3, -0.25) is 20.3 Å². The highest BCUT2D eigenvalue weighted by Crippen LogP contribution is 2.07. The maximum absolute atomic E-state index is 9.85. The van der Waals surface area contributed by atoms with Crippen LogP contribution in [0.5, 0.6) is 0 Å². The molecule has 0 bridgehead atoms. The maximum atomic E-state index is 9.85. The van der Waals surface area contributed by atoms with Gasteiger partial charge in [-0.15, -0.1) is 0 Å². The second kappa shape index (κ2) is 52.2. The molecule has 0 atom stereocenters. The Hall–Kier alpha value is -4.37.